The Labute approximate surface area is 126 Å². The van der Waals surface area contributed by atoms with Crippen molar-refractivity contribution in [2.45, 2.75) is 52.6 Å². The van der Waals surface area contributed by atoms with E-state index in [-0.39, 0.29) is 24.0 Å². The number of rotatable bonds is 6. The fraction of sp³-hybridized carbons (Fsp3) is 0.500. The highest BCUT2D eigenvalue weighted by molar-refractivity contribution is 6.03. The summed E-state index contributed by atoms with van der Waals surface area (Å²) in [5, 5.41) is 8.45. The van der Waals surface area contributed by atoms with E-state index in [1.54, 1.807) is 24.3 Å². The monoisotopic (exact) mass is 291 g/mol. The van der Waals surface area contributed by atoms with Gasteiger partial charge in [-0.1, -0.05) is 26.0 Å². The van der Waals surface area contributed by atoms with Crippen LogP contribution in [-0.4, -0.2) is 24.0 Å². The molecule has 0 spiro atoms. The number of para-hydroxylation sites is 1. The molecule has 0 saturated heterocycles. The maximum Gasteiger partial charge on any atom is 0.319 e. The number of carbonyl (C=O) groups excluding carboxylic acids is 2. The highest BCUT2D eigenvalue weighted by Gasteiger charge is 2.14. The number of anilines is 1. The molecule has 2 atom stereocenters. The average Bonchev–Trinajstić information content (AvgIpc) is 2.47. The number of amides is 3. The largest absolute Gasteiger partial charge is 0.350 e. The second-order valence-electron chi connectivity index (χ2n) is 5.24. The molecule has 3 amide bonds. The van der Waals surface area contributed by atoms with Crippen molar-refractivity contribution in [3.8, 4) is 0 Å². The topological polar surface area (TPSA) is 70.2 Å². The van der Waals surface area contributed by atoms with Crippen molar-refractivity contribution in [1.29, 1.82) is 0 Å². The van der Waals surface area contributed by atoms with Gasteiger partial charge in [0.2, 0.25) is 0 Å². The molecule has 5 heteroatoms. The van der Waals surface area contributed by atoms with Crippen LogP contribution in [0.15, 0.2) is 24.3 Å². The highest BCUT2D eigenvalue weighted by Crippen LogP contribution is 2.15. The molecular formula is C16H25N3O2. The van der Waals surface area contributed by atoms with Crippen molar-refractivity contribution in [3.63, 3.8) is 0 Å². The summed E-state index contributed by atoms with van der Waals surface area (Å²) in [5.41, 5.74) is 0.983. The van der Waals surface area contributed by atoms with Crippen molar-refractivity contribution in [3.05, 3.63) is 29.8 Å². The van der Waals surface area contributed by atoms with E-state index >= 15 is 0 Å². The summed E-state index contributed by atoms with van der Waals surface area (Å²) in [7, 11) is 0. The van der Waals surface area contributed by atoms with E-state index in [0.29, 0.717) is 11.3 Å². The number of nitrogens with one attached hydrogen (secondary N) is 3. The SMILES string of the molecule is CC[C@H](C)NC(=O)Nc1ccccc1C(=O)N[C@@H](C)CC. The van der Waals surface area contributed by atoms with Gasteiger partial charge in [-0.3, -0.25) is 4.79 Å². The van der Waals surface area contributed by atoms with E-state index in [4.69, 9.17) is 0 Å². The Bertz CT molecular complexity index is 488. The Morgan fingerprint density at radius 1 is 1.00 bits per heavy atom. The van der Waals surface area contributed by atoms with Crippen LogP contribution in [-0.2, 0) is 0 Å². The maximum atomic E-state index is 12.2. The van der Waals surface area contributed by atoms with Gasteiger partial charge in [-0.15, -0.1) is 0 Å². The number of hydrogen-bond acceptors (Lipinski definition) is 2. The molecule has 0 fully saturated rings. The third-order valence-corrected chi connectivity index (χ3v) is 3.40. The number of carbonyl (C=O) groups is 2. The first-order valence-electron chi connectivity index (χ1n) is 7.45. The van der Waals surface area contributed by atoms with Gasteiger partial charge in [-0.25, -0.2) is 4.79 Å². The van der Waals surface area contributed by atoms with Crippen LogP contribution < -0.4 is 16.0 Å². The molecular weight excluding hydrogens is 266 g/mol. The molecule has 0 aliphatic carbocycles. The van der Waals surface area contributed by atoms with E-state index < -0.39 is 0 Å². The van der Waals surface area contributed by atoms with Crippen LogP contribution in [0.1, 0.15) is 50.9 Å². The molecule has 1 rings (SSSR count). The third-order valence-electron chi connectivity index (χ3n) is 3.40. The van der Waals surface area contributed by atoms with Crippen molar-refractivity contribution in [1.82, 2.24) is 10.6 Å². The van der Waals surface area contributed by atoms with Gasteiger partial charge >= 0.3 is 6.03 Å². The molecule has 1 aromatic carbocycles. The van der Waals surface area contributed by atoms with Gasteiger partial charge in [-0.05, 0) is 38.8 Å². The van der Waals surface area contributed by atoms with Crippen LogP contribution in [0, 0.1) is 0 Å². The van der Waals surface area contributed by atoms with Gasteiger partial charge < -0.3 is 16.0 Å². The second-order valence-corrected chi connectivity index (χ2v) is 5.24. The van der Waals surface area contributed by atoms with Gasteiger partial charge in [0.25, 0.3) is 5.91 Å². The lowest BCUT2D eigenvalue weighted by atomic mass is 10.1. The fourth-order valence-corrected chi connectivity index (χ4v) is 1.68. The molecule has 116 valence electrons. The van der Waals surface area contributed by atoms with Crippen LogP contribution >= 0.6 is 0 Å². The van der Waals surface area contributed by atoms with Crippen molar-refractivity contribution in [2.75, 3.05) is 5.32 Å². The molecule has 0 aliphatic rings. The first-order chi connectivity index (χ1) is 9.97. The maximum absolute atomic E-state index is 12.2. The quantitative estimate of drug-likeness (QED) is 0.753. The van der Waals surface area contributed by atoms with Gasteiger partial charge in [-0.2, -0.15) is 0 Å². The summed E-state index contributed by atoms with van der Waals surface area (Å²) in [5.74, 6) is -0.177. The Balaban J connectivity index is 2.79. The van der Waals surface area contributed by atoms with Gasteiger partial charge in [0.05, 0.1) is 11.3 Å². The average molecular weight is 291 g/mol. The van der Waals surface area contributed by atoms with Crippen LogP contribution in [0.3, 0.4) is 0 Å². The predicted molar refractivity (Wildman–Crippen MR) is 85.6 cm³/mol. The summed E-state index contributed by atoms with van der Waals surface area (Å²) in [6, 6.07) is 6.89. The Morgan fingerprint density at radius 3 is 2.19 bits per heavy atom. The van der Waals surface area contributed by atoms with Crippen molar-refractivity contribution in [2.24, 2.45) is 0 Å². The molecule has 0 unspecified atom stereocenters. The van der Waals surface area contributed by atoms with Gasteiger partial charge in [0.15, 0.2) is 0 Å². The van der Waals surface area contributed by atoms with Crippen LogP contribution in [0.4, 0.5) is 10.5 Å². The van der Waals surface area contributed by atoms with Gasteiger partial charge in [0.1, 0.15) is 0 Å². The Morgan fingerprint density at radius 2 is 1.57 bits per heavy atom. The van der Waals surface area contributed by atoms with Crippen molar-refractivity contribution < 1.29 is 9.59 Å². The lowest BCUT2D eigenvalue weighted by Gasteiger charge is -2.16. The molecule has 3 N–H and O–H groups in total. The van der Waals surface area contributed by atoms with E-state index in [1.165, 1.54) is 0 Å². The number of benzene rings is 1. The normalized spacial score (nSPS) is 13.1. The zero-order valence-corrected chi connectivity index (χ0v) is 13.2. The lowest BCUT2D eigenvalue weighted by Crippen LogP contribution is -2.37. The molecule has 0 aliphatic heterocycles. The summed E-state index contributed by atoms with van der Waals surface area (Å²) >= 11 is 0. The lowest BCUT2D eigenvalue weighted by molar-refractivity contribution is 0.0940. The first-order valence-corrected chi connectivity index (χ1v) is 7.45. The Hall–Kier alpha value is -2.04. The van der Waals surface area contributed by atoms with E-state index in [2.05, 4.69) is 16.0 Å². The van der Waals surface area contributed by atoms with E-state index in [0.717, 1.165) is 12.8 Å². The van der Waals surface area contributed by atoms with Gasteiger partial charge in [0, 0.05) is 12.1 Å². The molecule has 21 heavy (non-hydrogen) atoms. The standard InChI is InChI=1S/C16H25N3O2/c1-5-11(3)17-15(20)13-9-7-8-10-14(13)19-16(21)18-12(4)6-2/h7-12H,5-6H2,1-4H3,(H,17,20)(H2,18,19,21)/t11-,12-/m0/s1. The molecule has 0 saturated carbocycles. The minimum Gasteiger partial charge on any atom is -0.350 e. The molecule has 1 aromatic rings. The minimum absolute atomic E-state index is 0.0890. The molecule has 0 bridgehead atoms. The summed E-state index contributed by atoms with van der Waals surface area (Å²) in [6.45, 7) is 7.89. The Kier molecular flexibility index (Phi) is 6.72. The molecule has 0 heterocycles. The third kappa shape index (κ3) is 5.45. The molecule has 0 aromatic heterocycles. The van der Waals surface area contributed by atoms with Crippen molar-refractivity contribution >= 4 is 17.6 Å². The zero-order valence-electron chi connectivity index (χ0n) is 13.2. The van der Waals surface area contributed by atoms with E-state index in [1.807, 2.05) is 27.7 Å². The van der Waals surface area contributed by atoms with Crippen LogP contribution in [0.5, 0.6) is 0 Å². The zero-order chi connectivity index (χ0) is 15.8. The second kappa shape index (κ2) is 8.29. The summed E-state index contributed by atoms with van der Waals surface area (Å²) in [6.07, 6.45) is 1.71. The molecule has 5 nitrogen and oxygen atoms in total. The number of hydrogen-bond donors (Lipinski definition) is 3. The minimum atomic E-state index is -0.298. The predicted octanol–water partition coefficient (Wildman–Crippen LogP) is 3.13. The molecule has 0 radical (unpaired) electrons. The highest BCUT2D eigenvalue weighted by atomic mass is 16.2. The smallest absolute Gasteiger partial charge is 0.319 e. The first kappa shape index (κ1) is 17.0. The summed E-state index contributed by atoms with van der Waals surface area (Å²) < 4.78 is 0. The number of urea groups is 1. The fourth-order valence-electron chi connectivity index (χ4n) is 1.68. The van der Waals surface area contributed by atoms with E-state index in [9.17, 15) is 9.59 Å². The van der Waals surface area contributed by atoms with Crippen LogP contribution in [0.2, 0.25) is 0 Å². The summed E-state index contributed by atoms with van der Waals surface area (Å²) in [4.78, 5) is 24.1. The van der Waals surface area contributed by atoms with Crippen LogP contribution in [0.25, 0.3) is 0 Å².